The summed E-state index contributed by atoms with van der Waals surface area (Å²) in [6, 6.07) is 10.4. The first kappa shape index (κ1) is 23.0. The van der Waals surface area contributed by atoms with Gasteiger partial charge in [0.25, 0.3) is 0 Å². The van der Waals surface area contributed by atoms with Gasteiger partial charge in [0, 0.05) is 18.0 Å². The molecule has 0 radical (unpaired) electrons. The van der Waals surface area contributed by atoms with E-state index in [4.69, 9.17) is 9.47 Å². The van der Waals surface area contributed by atoms with Crippen LogP contribution in [0.15, 0.2) is 47.4 Å². The van der Waals surface area contributed by atoms with Crippen LogP contribution in [0, 0.1) is 16.7 Å². The first-order chi connectivity index (χ1) is 14.4. The summed E-state index contributed by atoms with van der Waals surface area (Å²) in [6.07, 6.45) is 2.21. The number of carbonyl (C=O) groups excluding carboxylic acids is 1. The highest BCUT2D eigenvalue weighted by Crippen LogP contribution is 2.46. The number of para-hydroxylation sites is 1. The maximum absolute atomic E-state index is 12.7. The molecule has 168 valence electrons. The highest BCUT2D eigenvalue weighted by atomic mass is 16.6. The molecule has 7 heteroatoms. The molecule has 1 aromatic heterocycles. The van der Waals surface area contributed by atoms with Crippen LogP contribution < -0.4 is 15.7 Å². The predicted octanol–water partition coefficient (Wildman–Crippen LogP) is 5.24. The number of nitrogens with one attached hydrogen (secondary N) is 1. The molecule has 0 saturated carbocycles. The number of carbonyl (C=O) groups is 1. The first-order valence-electron chi connectivity index (χ1n) is 10.7. The Bertz CT molecular complexity index is 957. The number of nitrogens with zero attached hydrogens (tertiary/aromatic N) is 2. The Kier molecular flexibility index (Phi) is 6.55. The lowest BCUT2D eigenvalue weighted by molar-refractivity contribution is -0.0341. The smallest absolute Gasteiger partial charge is 0.391 e. The fourth-order valence-electron chi connectivity index (χ4n) is 4.04. The van der Waals surface area contributed by atoms with Crippen LogP contribution in [-0.4, -0.2) is 21.7 Å². The quantitative estimate of drug-likeness (QED) is 0.721. The van der Waals surface area contributed by atoms with Gasteiger partial charge in [0.15, 0.2) is 0 Å². The zero-order valence-corrected chi connectivity index (χ0v) is 19.2. The number of anilines is 1. The lowest BCUT2D eigenvalue weighted by Crippen LogP contribution is -2.31. The molecule has 1 unspecified atom stereocenters. The maximum atomic E-state index is 12.7. The van der Waals surface area contributed by atoms with E-state index in [-0.39, 0.29) is 29.0 Å². The average molecular weight is 428 g/mol. The summed E-state index contributed by atoms with van der Waals surface area (Å²) in [4.78, 5) is 28.7. The van der Waals surface area contributed by atoms with Crippen LogP contribution >= 0.6 is 0 Å². The summed E-state index contributed by atoms with van der Waals surface area (Å²) in [5, 5.41) is 2.59. The maximum Gasteiger partial charge on any atom is 0.418 e. The third-order valence-corrected chi connectivity index (χ3v) is 5.49. The Hall–Kier alpha value is -2.67. The summed E-state index contributed by atoms with van der Waals surface area (Å²) in [5.41, 5.74) is 0.272. The van der Waals surface area contributed by atoms with Crippen LogP contribution in [0.1, 0.15) is 60.6 Å². The highest BCUT2D eigenvalue weighted by molar-refractivity contribution is 5.85. The summed E-state index contributed by atoms with van der Waals surface area (Å²) < 4.78 is 13.0. The van der Waals surface area contributed by atoms with Crippen molar-refractivity contribution in [2.24, 2.45) is 16.7 Å². The predicted molar refractivity (Wildman–Crippen MR) is 120 cm³/mol. The SMILES string of the molecule is CC(C)(C)C[C@H]1O[C@@H](n2ccc(OC(=O)Nc3ccccc3)nc2=O)CC1C(C)(C)C. The molecule has 3 atom stereocenters. The van der Waals surface area contributed by atoms with E-state index in [2.05, 4.69) is 51.8 Å². The number of hydrogen-bond donors (Lipinski definition) is 1. The molecule has 31 heavy (non-hydrogen) atoms. The second kappa shape index (κ2) is 8.83. The van der Waals surface area contributed by atoms with Crippen LogP contribution in [0.25, 0.3) is 0 Å². The molecule has 0 aliphatic carbocycles. The standard InChI is InChI=1S/C24H33N3O4/c1-23(2,3)15-18-17(24(4,5)6)14-20(30-18)27-13-12-19(26-21(27)28)31-22(29)25-16-10-8-7-9-11-16/h7-13,17-18,20H,14-15H2,1-6H3,(H,25,29)/t17?,18-,20-/m1/s1. The molecule has 2 heterocycles. The zero-order valence-electron chi connectivity index (χ0n) is 19.2. The van der Waals surface area contributed by atoms with Crippen molar-refractivity contribution < 1.29 is 14.3 Å². The van der Waals surface area contributed by atoms with Gasteiger partial charge in [0.05, 0.1) is 6.10 Å². The summed E-state index contributed by atoms with van der Waals surface area (Å²) in [6.45, 7) is 13.2. The normalized spacial score (nSPS) is 21.7. The third kappa shape index (κ3) is 6.17. The molecule has 7 nitrogen and oxygen atoms in total. The molecular weight excluding hydrogens is 394 g/mol. The van der Waals surface area contributed by atoms with Crippen molar-refractivity contribution in [1.82, 2.24) is 9.55 Å². The fraction of sp³-hybridized carbons (Fsp3) is 0.542. The Labute approximate surface area is 183 Å². The number of rotatable bonds is 4. The van der Waals surface area contributed by atoms with Crippen molar-refractivity contribution in [3.63, 3.8) is 0 Å². The van der Waals surface area contributed by atoms with Gasteiger partial charge in [-0.05, 0) is 41.7 Å². The Morgan fingerprint density at radius 1 is 1.16 bits per heavy atom. The molecule has 1 aliphatic heterocycles. The highest BCUT2D eigenvalue weighted by Gasteiger charge is 2.44. The lowest BCUT2D eigenvalue weighted by Gasteiger charge is -2.33. The fourth-order valence-corrected chi connectivity index (χ4v) is 4.04. The molecule has 1 saturated heterocycles. The van der Waals surface area contributed by atoms with E-state index in [0.29, 0.717) is 11.6 Å². The monoisotopic (exact) mass is 427 g/mol. The number of hydrogen-bond acceptors (Lipinski definition) is 5. The van der Waals surface area contributed by atoms with Gasteiger partial charge in [0.2, 0.25) is 5.88 Å². The Morgan fingerprint density at radius 3 is 2.42 bits per heavy atom. The van der Waals surface area contributed by atoms with Crippen molar-refractivity contribution in [2.75, 3.05) is 5.32 Å². The molecule has 0 bridgehead atoms. The molecule has 1 fully saturated rings. The van der Waals surface area contributed by atoms with Crippen molar-refractivity contribution in [2.45, 2.75) is 66.7 Å². The van der Waals surface area contributed by atoms with Crippen LogP contribution in [0.3, 0.4) is 0 Å². The largest absolute Gasteiger partial charge is 0.418 e. The molecule has 2 aromatic rings. The topological polar surface area (TPSA) is 82.4 Å². The van der Waals surface area contributed by atoms with Gasteiger partial charge in [-0.1, -0.05) is 59.7 Å². The van der Waals surface area contributed by atoms with Crippen LogP contribution in [-0.2, 0) is 4.74 Å². The van der Waals surface area contributed by atoms with Gasteiger partial charge in [-0.2, -0.15) is 4.98 Å². The molecule has 1 N–H and O–H groups in total. The van der Waals surface area contributed by atoms with E-state index in [1.807, 2.05) is 6.07 Å². The average Bonchev–Trinajstić information content (AvgIpc) is 3.04. The summed E-state index contributed by atoms with van der Waals surface area (Å²) in [5.74, 6) is 0.266. The number of ether oxygens (including phenoxy) is 2. The summed E-state index contributed by atoms with van der Waals surface area (Å²) >= 11 is 0. The Balaban J connectivity index is 1.72. The van der Waals surface area contributed by atoms with E-state index < -0.39 is 11.8 Å². The van der Waals surface area contributed by atoms with E-state index in [1.54, 1.807) is 30.5 Å². The first-order valence-corrected chi connectivity index (χ1v) is 10.7. The van der Waals surface area contributed by atoms with Crippen molar-refractivity contribution in [3.05, 3.63) is 53.1 Å². The van der Waals surface area contributed by atoms with Crippen LogP contribution in [0.2, 0.25) is 0 Å². The summed E-state index contributed by atoms with van der Waals surface area (Å²) in [7, 11) is 0. The van der Waals surface area contributed by atoms with E-state index in [1.165, 1.54) is 10.6 Å². The number of benzene rings is 1. The molecule has 1 aliphatic rings. The zero-order chi connectivity index (χ0) is 22.8. The molecule has 1 aromatic carbocycles. The van der Waals surface area contributed by atoms with Gasteiger partial charge in [-0.15, -0.1) is 0 Å². The minimum atomic E-state index is -0.703. The molecule has 0 spiro atoms. The van der Waals surface area contributed by atoms with Gasteiger partial charge in [0.1, 0.15) is 6.23 Å². The van der Waals surface area contributed by atoms with Crippen molar-refractivity contribution in [1.29, 1.82) is 0 Å². The number of amides is 1. The minimum Gasteiger partial charge on any atom is -0.391 e. The Morgan fingerprint density at radius 2 is 1.84 bits per heavy atom. The van der Waals surface area contributed by atoms with Gasteiger partial charge in [-0.25, -0.2) is 9.59 Å². The van der Waals surface area contributed by atoms with E-state index in [0.717, 1.165) is 12.8 Å². The van der Waals surface area contributed by atoms with Gasteiger partial charge < -0.3 is 9.47 Å². The van der Waals surface area contributed by atoms with Crippen LogP contribution in [0.4, 0.5) is 10.5 Å². The van der Waals surface area contributed by atoms with Gasteiger partial charge in [-0.3, -0.25) is 9.88 Å². The lowest BCUT2D eigenvalue weighted by atomic mass is 9.73. The third-order valence-electron chi connectivity index (χ3n) is 5.49. The molecule has 1 amide bonds. The molecule has 3 rings (SSSR count). The second-order valence-electron chi connectivity index (χ2n) is 10.4. The van der Waals surface area contributed by atoms with Crippen LogP contribution in [0.5, 0.6) is 5.88 Å². The van der Waals surface area contributed by atoms with E-state index >= 15 is 0 Å². The number of aromatic nitrogens is 2. The van der Waals surface area contributed by atoms with Crippen molar-refractivity contribution in [3.8, 4) is 5.88 Å². The molecular formula is C24H33N3O4. The van der Waals surface area contributed by atoms with Gasteiger partial charge >= 0.3 is 11.8 Å². The van der Waals surface area contributed by atoms with Crippen molar-refractivity contribution >= 4 is 11.8 Å². The second-order valence-corrected chi connectivity index (χ2v) is 10.4. The van der Waals surface area contributed by atoms with E-state index in [9.17, 15) is 9.59 Å². The minimum absolute atomic E-state index is 0.0497.